The number of piperidine rings is 1. The van der Waals surface area contributed by atoms with Crippen LogP contribution in [0.1, 0.15) is 71.5 Å². The van der Waals surface area contributed by atoms with E-state index >= 15 is 4.39 Å². The van der Waals surface area contributed by atoms with Crippen molar-refractivity contribution in [2.45, 2.75) is 74.7 Å². The van der Waals surface area contributed by atoms with Gasteiger partial charge in [-0.1, -0.05) is 10.5 Å². The molecule has 0 spiro atoms. The van der Waals surface area contributed by atoms with Crippen molar-refractivity contribution in [3.8, 4) is 5.75 Å². The fraction of sp³-hybridized carbons (Fsp3) is 0.500. The van der Waals surface area contributed by atoms with Gasteiger partial charge in [-0.3, -0.25) is 9.69 Å². The van der Waals surface area contributed by atoms with Crippen molar-refractivity contribution in [3.63, 3.8) is 0 Å². The molecule has 1 saturated heterocycles. The van der Waals surface area contributed by atoms with Crippen LogP contribution in [0.3, 0.4) is 0 Å². The van der Waals surface area contributed by atoms with Crippen LogP contribution in [0.2, 0.25) is 0 Å². The summed E-state index contributed by atoms with van der Waals surface area (Å²) >= 11 is 0. The highest BCUT2D eigenvalue weighted by Gasteiger charge is 2.50. The van der Waals surface area contributed by atoms with Crippen LogP contribution in [0.15, 0.2) is 36.4 Å². The number of halogens is 7. The second-order valence-corrected chi connectivity index (χ2v) is 13.1. The third kappa shape index (κ3) is 7.28. The van der Waals surface area contributed by atoms with Crippen molar-refractivity contribution in [1.29, 1.82) is 0 Å². The summed E-state index contributed by atoms with van der Waals surface area (Å²) in [5, 5.41) is -1.24. The van der Waals surface area contributed by atoms with E-state index in [1.165, 1.54) is 12.1 Å². The van der Waals surface area contributed by atoms with E-state index in [4.69, 9.17) is 4.74 Å². The maximum atomic E-state index is 15.4. The number of ether oxygens (including phenoxy) is 1. The van der Waals surface area contributed by atoms with Crippen LogP contribution in [0.25, 0.3) is 0 Å². The van der Waals surface area contributed by atoms with Crippen molar-refractivity contribution < 1.29 is 58.3 Å². The molecule has 1 aliphatic heterocycles. The molecule has 1 amide bonds. The molecule has 0 aromatic heterocycles. The van der Waals surface area contributed by atoms with Crippen LogP contribution in [-0.4, -0.2) is 60.3 Å². The van der Waals surface area contributed by atoms with E-state index in [2.05, 4.69) is 4.84 Å². The first-order chi connectivity index (χ1) is 20.5. The zero-order valence-corrected chi connectivity index (χ0v) is 23.8. The third-order valence-corrected chi connectivity index (χ3v) is 9.63. The lowest BCUT2D eigenvalue weighted by atomic mass is 9.97. The van der Waals surface area contributed by atoms with Crippen molar-refractivity contribution in [1.82, 2.24) is 9.37 Å². The average molecular weight is 653 g/mol. The zero-order chi connectivity index (χ0) is 32.0. The minimum absolute atomic E-state index is 0.0338. The van der Waals surface area contributed by atoms with Crippen LogP contribution in [-0.2, 0) is 32.4 Å². The highest BCUT2D eigenvalue weighted by Crippen LogP contribution is 2.43. The highest BCUT2D eigenvalue weighted by atomic mass is 32.2. The van der Waals surface area contributed by atoms with Gasteiger partial charge in [0.1, 0.15) is 17.7 Å². The lowest BCUT2D eigenvalue weighted by Gasteiger charge is -2.33. The second-order valence-electron chi connectivity index (χ2n) is 11.1. The fourth-order valence-corrected chi connectivity index (χ4v) is 6.51. The summed E-state index contributed by atoms with van der Waals surface area (Å²) in [4.78, 5) is 30.6. The van der Waals surface area contributed by atoms with Gasteiger partial charge in [-0.25, -0.2) is 17.6 Å². The molecule has 16 heteroatoms. The van der Waals surface area contributed by atoms with Gasteiger partial charge in [-0.15, -0.1) is 0 Å². The second kappa shape index (κ2) is 11.8. The van der Waals surface area contributed by atoms with E-state index in [1.807, 2.05) is 4.90 Å². The van der Waals surface area contributed by atoms with E-state index in [9.17, 15) is 44.3 Å². The largest absolute Gasteiger partial charge is 0.493 e. The van der Waals surface area contributed by atoms with Gasteiger partial charge in [0.25, 0.3) is 10.0 Å². The predicted octanol–water partition coefficient (Wildman–Crippen LogP) is 5.72. The first kappa shape index (κ1) is 32.0. The summed E-state index contributed by atoms with van der Waals surface area (Å²) in [5.41, 5.74) is -0.662. The van der Waals surface area contributed by atoms with E-state index in [-0.39, 0.29) is 37.2 Å². The van der Waals surface area contributed by atoms with Crippen LogP contribution >= 0.6 is 0 Å². The minimum atomic E-state index is -5.61. The Morgan fingerprint density at radius 2 is 1.59 bits per heavy atom. The first-order valence-corrected chi connectivity index (χ1v) is 15.3. The van der Waals surface area contributed by atoms with Crippen LogP contribution < -0.4 is 4.74 Å². The average Bonchev–Trinajstić information content (AvgIpc) is 3.85. The molecule has 0 N–H and O–H groups in total. The Morgan fingerprint density at radius 1 is 0.932 bits per heavy atom. The number of hydroxylamine groups is 1. The normalized spacial score (nSPS) is 18.6. The molecule has 0 bridgehead atoms. The fourth-order valence-electron chi connectivity index (χ4n) is 5.01. The lowest BCUT2D eigenvalue weighted by molar-refractivity contribution is -0.217. The van der Waals surface area contributed by atoms with E-state index in [1.54, 1.807) is 0 Å². The summed E-state index contributed by atoms with van der Waals surface area (Å²) in [5.74, 6) is -5.88. The van der Waals surface area contributed by atoms with Gasteiger partial charge in [-0.05, 0) is 85.9 Å². The van der Waals surface area contributed by atoms with Gasteiger partial charge in [0.05, 0.1) is 16.4 Å². The number of hydrogen-bond donors (Lipinski definition) is 0. The minimum Gasteiger partial charge on any atom is -0.490 e. The molecule has 2 aromatic rings. The molecule has 240 valence electrons. The van der Waals surface area contributed by atoms with Crippen molar-refractivity contribution in [3.05, 3.63) is 64.5 Å². The molecule has 0 radical (unpaired) electrons. The quantitative estimate of drug-likeness (QED) is 0.266. The summed E-state index contributed by atoms with van der Waals surface area (Å²) in [6, 6.07) is 6.71. The summed E-state index contributed by atoms with van der Waals surface area (Å²) < 4.78 is 124. The predicted molar refractivity (Wildman–Crippen MR) is 139 cm³/mol. The smallest absolute Gasteiger partial charge is 0.490 e. The molecule has 2 aliphatic carbocycles. The van der Waals surface area contributed by atoms with Gasteiger partial charge in [0, 0.05) is 19.6 Å². The lowest BCUT2D eigenvalue weighted by Crippen LogP contribution is -2.44. The molecule has 0 atom stereocenters. The van der Waals surface area contributed by atoms with Gasteiger partial charge >= 0.3 is 24.2 Å². The summed E-state index contributed by atoms with van der Waals surface area (Å²) in [7, 11) is -4.84. The zero-order valence-electron chi connectivity index (χ0n) is 23.0. The molecule has 2 aromatic carbocycles. The molecule has 2 saturated carbocycles. The molecule has 8 nitrogen and oxygen atoms in total. The Kier molecular flexibility index (Phi) is 8.61. The molecule has 1 heterocycles. The Morgan fingerprint density at radius 3 is 2.16 bits per heavy atom. The van der Waals surface area contributed by atoms with Gasteiger partial charge in [-0.2, -0.15) is 26.3 Å². The number of benzene rings is 2. The number of carbonyl (C=O) groups is 2. The van der Waals surface area contributed by atoms with E-state index < -0.39 is 60.9 Å². The number of alkyl halides is 6. The van der Waals surface area contributed by atoms with Crippen molar-refractivity contribution in [2.75, 3.05) is 13.1 Å². The van der Waals surface area contributed by atoms with Gasteiger partial charge < -0.3 is 9.57 Å². The number of likely N-dealkylation sites (tertiary alicyclic amines) is 1. The van der Waals surface area contributed by atoms with E-state index in [0.717, 1.165) is 24.3 Å². The van der Waals surface area contributed by atoms with Crippen LogP contribution in [0.4, 0.5) is 30.7 Å². The number of rotatable bonds is 8. The molecular formula is C28H27F7N2O6S. The first-order valence-electron chi connectivity index (χ1n) is 13.8. The van der Waals surface area contributed by atoms with Crippen LogP contribution in [0, 0.1) is 5.82 Å². The molecule has 0 unspecified atom stereocenters. The van der Waals surface area contributed by atoms with E-state index in [0.29, 0.717) is 49.9 Å². The maximum Gasteiger partial charge on any atom is 0.493 e. The van der Waals surface area contributed by atoms with Gasteiger partial charge in [0.2, 0.25) is 0 Å². The van der Waals surface area contributed by atoms with Crippen molar-refractivity contribution in [2.24, 2.45) is 0 Å². The maximum absolute atomic E-state index is 15.4. The van der Waals surface area contributed by atoms with Crippen LogP contribution in [0.5, 0.6) is 5.75 Å². The highest BCUT2D eigenvalue weighted by molar-refractivity contribution is 7.90. The Hall–Kier alpha value is -3.40. The molecule has 3 aliphatic rings. The van der Waals surface area contributed by atoms with Crippen molar-refractivity contribution >= 4 is 21.9 Å². The molecule has 3 fully saturated rings. The number of sulfonamides is 1. The summed E-state index contributed by atoms with van der Waals surface area (Å²) in [6.45, 7) is 1.13. The summed E-state index contributed by atoms with van der Waals surface area (Å²) in [6.07, 6.45) is -8.09. The Bertz CT molecular complexity index is 1530. The molecule has 5 rings (SSSR count). The SMILES string of the molecule is O=C(c1cc(C2CC2)c(CN2CCC(Oc3cccc(C(F)(F)F)c3)CC2)cc1F)N(OC(=O)C(F)(F)F)S(=O)(=O)C1CC1. The number of amides is 1. The number of hydrogen-bond acceptors (Lipinski definition) is 7. The Balaban J connectivity index is 1.30. The molecule has 44 heavy (non-hydrogen) atoms. The standard InChI is InChI=1S/C28H27F7N2O6S/c29-24-12-17(15-36-10-8-19(9-11-36)42-20-3-1-2-18(13-20)27(30,31)32)22(16-4-5-16)14-23(24)25(38)37(43-26(39)28(33,34)35)44(40,41)21-6-7-21/h1-3,12-14,16,19,21H,4-11,15H2. The number of nitrogens with zero attached hydrogens (tertiary/aromatic N) is 2. The monoisotopic (exact) mass is 652 g/mol. The third-order valence-electron chi connectivity index (χ3n) is 7.61. The Labute approximate surface area is 247 Å². The topological polar surface area (TPSA) is 93.2 Å². The molecular weight excluding hydrogens is 625 g/mol. The van der Waals surface area contributed by atoms with Gasteiger partial charge in [0.15, 0.2) is 0 Å². The number of carbonyl (C=O) groups excluding carboxylic acids is 2.